The number of fused-ring (bicyclic) bond motifs is 3. The molecule has 0 unspecified atom stereocenters. The number of phenols is 1. The van der Waals surface area contributed by atoms with E-state index in [1.54, 1.807) is 16.6 Å². The Morgan fingerprint density at radius 2 is 2.24 bits per heavy atom. The number of hydrogen-bond acceptors (Lipinski definition) is 3. The summed E-state index contributed by atoms with van der Waals surface area (Å²) in [5.41, 5.74) is 2.42. The van der Waals surface area contributed by atoms with Gasteiger partial charge in [0.1, 0.15) is 5.75 Å². The quantitative estimate of drug-likeness (QED) is 0.686. The molecule has 2 heterocycles. The molecule has 17 heavy (non-hydrogen) atoms. The molecule has 1 fully saturated rings. The fraction of sp³-hybridized carbons (Fsp3) is 0.417. The van der Waals surface area contributed by atoms with Gasteiger partial charge in [-0.25, -0.2) is 4.42 Å². The maximum atomic E-state index is 12.0. The SMILES string of the molecule is Cc1cc(O)cc2c1C(=O)N[C@H]1CN(Cl)C[C@H]21. The summed E-state index contributed by atoms with van der Waals surface area (Å²) in [6.07, 6.45) is 0. The smallest absolute Gasteiger partial charge is 0.252 e. The highest BCUT2D eigenvalue weighted by atomic mass is 35.5. The predicted octanol–water partition coefficient (Wildman–Crippen LogP) is 1.37. The molecular weight excluding hydrogens is 240 g/mol. The number of benzene rings is 1. The van der Waals surface area contributed by atoms with Crippen molar-refractivity contribution in [3.8, 4) is 5.75 Å². The molecule has 1 aromatic rings. The average Bonchev–Trinajstić information content (AvgIpc) is 2.57. The van der Waals surface area contributed by atoms with Gasteiger partial charge in [0, 0.05) is 24.6 Å². The minimum Gasteiger partial charge on any atom is -0.508 e. The van der Waals surface area contributed by atoms with Gasteiger partial charge in [0.05, 0.1) is 6.04 Å². The van der Waals surface area contributed by atoms with Crippen LogP contribution in [0.2, 0.25) is 0 Å². The van der Waals surface area contributed by atoms with E-state index in [-0.39, 0.29) is 23.6 Å². The van der Waals surface area contributed by atoms with Crippen LogP contribution in [0.15, 0.2) is 12.1 Å². The number of carbonyl (C=O) groups excluding carboxylic acids is 1. The number of nitrogens with one attached hydrogen (secondary N) is 1. The van der Waals surface area contributed by atoms with Crippen LogP contribution in [-0.4, -0.2) is 34.6 Å². The maximum absolute atomic E-state index is 12.0. The lowest BCUT2D eigenvalue weighted by molar-refractivity contribution is 0.0923. The molecule has 0 aliphatic carbocycles. The van der Waals surface area contributed by atoms with Gasteiger partial charge < -0.3 is 10.4 Å². The van der Waals surface area contributed by atoms with Crippen LogP contribution in [0.1, 0.15) is 27.4 Å². The molecule has 5 heteroatoms. The first-order valence-corrected chi connectivity index (χ1v) is 5.95. The number of hydrogen-bond donors (Lipinski definition) is 2. The number of aryl methyl sites for hydroxylation is 1. The maximum Gasteiger partial charge on any atom is 0.252 e. The minimum absolute atomic E-state index is 0.0497. The third kappa shape index (κ3) is 1.59. The Labute approximate surface area is 104 Å². The van der Waals surface area contributed by atoms with E-state index in [0.29, 0.717) is 18.7 Å². The molecule has 90 valence electrons. The Morgan fingerprint density at radius 3 is 3.00 bits per heavy atom. The van der Waals surface area contributed by atoms with Gasteiger partial charge in [-0.15, -0.1) is 0 Å². The van der Waals surface area contributed by atoms with E-state index >= 15 is 0 Å². The number of phenolic OH excluding ortho intramolecular Hbond substituents is 1. The van der Waals surface area contributed by atoms with Crippen molar-refractivity contribution >= 4 is 17.7 Å². The topological polar surface area (TPSA) is 52.6 Å². The molecule has 0 aromatic heterocycles. The normalized spacial score (nSPS) is 27.5. The number of nitrogens with zero attached hydrogens (tertiary/aromatic N) is 1. The van der Waals surface area contributed by atoms with Crippen LogP contribution in [0, 0.1) is 6.92 Å². The Kier molecular flexibility index (Phi) is 2.31. The monoisotopic (exact) mass is 252 g/mol. The Morgan fingerprint density at radius 1 is 1.47 bits per heavy atom. The molecule has 1 saturated heterocycles. The summed E-state index contributed by atoms with van der Waals surface area (Å²) in [5.74, 6) is 0.319. The molecule has 2 N–H and O–H groups in total. The highest BCUT2D eigenvalue weighted by Gasteiger charge is 2.40. The summed E-state index contributed by atoms with van der Waals surface area (Å²) in [4.78, 5) is 12.0. The molecule has 0 saturated carbocycles. The molecule has 1 amide bonds. The molecule has 0 bridgehead atoms. The van der Waals surface area contributed by atoms with Crippen molar-refractivity contribution in [1.82, 2.24) is 9.74 Å². The van der Waals surface area contributed by atoms with Crippen LogP contribution in [0.3, 0.4) is 0 Å². The first-order valence-electron chi connectivity index (χ1n) is 5.61. The first kappa shape index (κ1) is 10.9. The standard InChI is InChI=1S/C12H13ClN2O2/c1-6-2-7(16)3-8-9-4-15(13)5-10(9)14-12(17)11(6)8/h2-3,9-10,16H,4-5H2,1H3,(H,14,17)/t9-,10+/m1/s1. The highest BCUT2D eigenvalue weighted by molar-refractivity contribution is 6.13. The van der Waals surface area contributed by atoms with Crippen molar-refractivity contribution < 1.29 is 9.90 Å². The van der Waals surface area contributed by atoms with Crippen molar-refractivity contribution in [1.29, 1.82) is 0 Å². The van der Waals surface area contributed by atoms with E-state index in [1.807, 2.05) is 6.92 Å². The van der Waals surface area contributed by atoms with Gasteiger partial charge in [0.15, 0.2) is 0 Å². The van der Waals surface area contributed by atoms with Gasteiger partial charge in [-0.05, 0) is 42.0 Å². The lowest BCUT2D eigenvalue weighted by atomic mass is 9.84. The zero-order valence-electron chi connectivity index (χ0n) is 9.40. The lowest BCUT2D eigenvalue weighted by Crippen LogP contribution is -2.44. The second-order valence-corrected chi connectivity index (χ2v) is 5.22. The minimum atomic E-state index is -0.0642. The Bertz CT molecular complexity index is 504. The summed E-state index contributed by atoms with van der Waals surface area (Å²) >= 11 is 6.00. The fourth-order valence-corrected chi connectivity index (χ4v) is 3.15. The van der Waals surface area contributed by atoms with Gasteiger partial charge in [-0.3, -0.25) is 4.79 Å². The fourth-order valence-electron chi connectivity index (χ4n) is 2.86. The second-order valence-electron chi connectivity index (χ2n) is 4.74. The van der Waals surface area contributed by atoms with Crippen molar-refractivity contribution in [2.24, 2.45) is 0 Å². The molecule has 0 spiro atoms. The molecular formula is C12H13ClN2O2. The molecule has 2 aliphatic heterocycles. The molecule has 3 rings (SSSR count). The van der Waals surface area contributed by atoms with Crippen LogP contribution in [0.4, 0.5) is 0 Å². The summed E-state index contributed by atoms with van der Waals surface area (Å²) in [5, 5.41) is 12.6. The number of rotatable bonds is 0. The van der Waals surface area contributed by atoms with Gasteiger partial charge in [-0.1, -0.05) is 0 Å². The number of halogens is 1. The summed E-state index contributed by atoms with van der Waals surface area (Å²) in [7, 11) is 0. The zero-order chi connectivity index (χ0) is 12.2. The largest absolute Gasteiger partial charge is 0.508 e. The highest BCUT2D eigenvalue weighted by Crippen LogP contribution is 2.37. The summed E-state index contributed by atoms with van der Waals surface area (Å²) in [6.45, 7) is 3.18. The third-order valence-electron chi connectivity index (χ3n) is 3.57. The second kappa shape index (κ2) is 3.62. The van der Waals surface area contributed by atoms with Gasteiger partial charge in [0.2, 0.25) is 0 Å². The third-order valence-corrected chi connectivity index (χ3v) is 3.85. The number of carbonyl (C=O) groups is 1. The summed E-state index contributed by atoms with van der Waals surface area (Å²) in [6, 6.07) is 3.36. The average molecular weight is 253 g/mol. The molecule has 2 atom stereocenters. The van der Waals surface area contributed by atoms with Crippen LogP contribution >= 0.6 is 11.8 Å². The molecule has 0 radical (unpaired) electrons. The van der Waals surface area contributed by atoms with E-state index in [1.165, 1.54) is 0 Å². The van der Waals surface area contributed by atoms with Crippen LogP contribution in [-0.2, 0) is 0 Å². The lowest BCUT2D eigenvalue weighted by Gasteiger charge is -2.29. The van der Waals surface area contributed by atoms with Crippen LogP contribution in [0.5, 0.6) is 5.75 Å². The van der Waals surface area contributed by atoms with Gasteiger partial charge in [-0.2, -0.15) is 0 Å². The van der Waals surface area contributed by atoms with E-state index in [4.69, 9.17) is 11.8 Å². The predicted molar refractivity (Wildman–Crippen MR) is 64.3 cm³/mol. The Balaban J connectivity index is 2.16. The van der Waals surface area contributed by atoms with Gasteiger partial charge >= 0.3 is 0 Å². The van der Waals surface area contributed by atoms with Crippen molar-refractivity contribution in [3.63, 3.8) is 0 Å². The van der Waals surface area contributed by atoms with Crippen molar-refractivity contribution in [2.45, 2.75) is 18.9 Å². The molecule has 4 nitrogen and oxygen atoms in total. The zero-order valence-corrected chi connectivity index (χ0v) is 10.2. The van der Waals surface area contributed by atoms with E-state index in [0.717, 1.165) is 11.1 Å². The van der Waals surface area contributed by atoms with Crippen LogP contribution < -0.4 is 5.32 Å². The first-order chi connectivity index (χ1) is 8.06. The van der Waals surface area contributed by atoms with E-state index < -0.39 is 0 Å². The van der Waals surface area contributed by atoms with E-state index in [9.17, 15) is 9.90 Å². The molecule has 2 aliphatic rings. The number of amides is 1. The summed E-state index contributed by atoms with van der Waals surface area (Å²) < 4.78 is 1.68. The molecule has 1 aromatic carbocycles. The Hall–Kier alpha value is -1.26. The van der Waals surface area contributed by atoms with Crippen LogP contribution in [0.25, 0.3) is 0 Å². The van der Waals surface area contributed by atoms with Gasteiger partial charge in [0.25, 0.3) is 5.91 Å². The van der Waals surface area contributed by atoms with Crippen molar-refractivity contribution in [3.05, 3.63) is 28.8 Å². The van der Waals surface area contributed by atoms with E-state index in [2.05, 4.69) is 5.32 Å². The number of aromatic hydroxyl groups is 1. The van der Waals surface area contributed by atoms with Crippen molar-refractivity contribution in [2.75, 3.05) is 13.1 Å².